The highest BCUT2D eigenvalue weighted by Crippen LogP contribution is 2.24. The fourth-order valence-corrected chi connectivity index (χ4v) is 1.85. The van der Waals surface area contributed by atoms with Gasteiger partial charge in [0.1, 0.15) is 5.82 Å². The summed E-state index contributed by atoms with van der Waals surface area (Å²) in [6.45, 7) is 1.69. The minimum atomic E-state index is -0.439. The number of aromatic nitrogens is 2. The van der Waals surface area contributed by atoms with Crippen LogP contribution < -0.4 is 5.32 Å². The Kier molecular flexibility index (Phi) is 4.11. The Hall–Kier alpha value is -1.53. The molecule has 1 heterocycles. The maximum Gasteiger partial charge on any atom is 0.276 e. The van der Waals surface area contributed by atoms with Gasteiger partial charge in [-0.15, -0.1) is 10.2 Å². The lowest BCUT2D eigenvalue weighted by Gasteiger charge is -2.09. The first-order valence-corrected chi connectivity index (χ1v) is 6.40. The fraction of sp³-hybridized carbons (Fsp3) is 0.0833. The number of nitrogens with one attached hydrogen (secondary N) is 1. The summed E-state index contributed by atoms with van der Waals surface area (Å²) in [6, 6.07) is 5.74. The van der Waals surface area contributed by atoms with E-state index in [9.17, 15) is 9.18 Å². The highest BCUT2D eigenvalue weighted by atomic mass is 79.9. The molecule has 0 saturated carbocycles. The summed E-state index contributed by atoms with van der Waals surface area (Å²) in [7, 11) is 0. The van der Waals surface area contributed by atoms with E-state index in [1.807, 2.05) is 0 Å². The number of halogens is 3. The molecule has 7 heteroatoms. The van der Waals surface area contributed by atoms with Crippen molar-refractivity contribution in [2.75, 3.05) is 5.32 Å². The summed E-state index contributed by atoms with van der Waals surface area (Å²) in [5.41, 5.74) is 1.23. The van der Waals surface area contributed by atoms with Gasteiger partial charge in [-0.05, 0) is 52.7 Å². The van der Waals surface area contributed by atoms with E-state index >= 15 is 0 Å². The predicted octanol–water partition coefficient (Wildman–Crippen LogP) is 3.59. The fourth-order valence-electron chi connectivity index (χ4n) is 1.40. The van der Waals surface area contributed by atoms with E-state index in [4.69, 9.17) is 11.6 Å². The van der Waals surface area contributed by atoms with E-state index in [0.29, 0.717) is 11.3 Å². The molecule has 0 aliphatic rings. The third kappa shape index (κ3) is 3.27. The quantitative estimate of drug-likeness (QED) is 0.906. The average Bonchev–Trinajstić information content (AvgIpc) is 2.36. The van der Waals surface area contributed by atoms with Crippen molar-refractivity contribution in [1.82, 2.24) is 10.2 Å². The zero-order valence-electron chi connectivity index (χ0n) is 9.75. The van der Waals surface area contributed by atoms with Crippen LogP contribution in [0.5, 0.6) is 0 Å². The van der Waals surface area contributed by atoms with Gasteiger partial charge in [0, 0.05) is 5.69 Å². The maximum atomic E-state index is 13.3. The maximum absolute atomic E-state index is 13.3. The van der Waals surface area contributed by atoms with Crippen LogP contribution in [0.4, 0.5) is 10.1 Å². The molecular weight excluding hydrogens is 337 g/mol. The molecule has 1 aromatic heterocycles. The molecule has 2 aromatic rings. The van der Waals surface area contributed by atoms with Gasteiger partial charge in [-0.1, -0.05) is 11.6 Å². The van der Waals surface area contributed by atoms with E-state index in [1.165, 1.54) is 24.3 Å². The van der Waals surface area contributed by atoms with E-state index in [-0.39, 0.29) is 21.1 Å². The van der Waals surface area contributed by atoms with Gasteiger partial charge in [-0.2, -0.15) is 0 Å². The molecule has 1 N–H and O–H groups in total. The van der Waals surface area contributed by atoms with Gasteiger partial charge in [0.15, 0.2) is 10.8 Å². The van der Waals surface area contributed by atoms with Crippen LogP contribution >= 0.6 is 27.5 Å². The van der Waals surface area contributed by atoms with Gasteiger partial charge in [-0.3, -0.25) is 4.79 Å². The van der Waals surface area contributed by atoms with Crippen LogP contribution in [0.15, 0.2) is 28.7 Å². The van der Waals surface area contributed by atoms with Crippen LogP contribution in [-0.2, 0) is 0 Å². The van der Waals surface area contributed by atoms with Crippen molar-refractivity contribution in [3.8, 4) is 0 Å². The molecule has 4 nitrogen and oxygen atoms in total. The lowest BCUT2D eigenvalue weighted by molar-refractivity contribution is 0.102. The highest BCUT2D eigenvalue weighted by Gasteiger charge is 2.11. The molecule has 0 spiro atoms. The average molecular weight is 345 g/mol. The van der Waals surface area contributed by atoms with Crippen LogP contribution in [0.3, 0.4) is 0 Å². The number of nitrogens with zero attached hydrogens (tertiary/aromatic N) is 2. The molecule has 1 aromatic carbocycles. The minimum absolute atomic E-state index is 0.129. The Morgan fingerprint density at radius 3 is 2.74 bits per heavy atom. The number of rotatable bonds is 2. The lowest BCUT2D eigenvalue weighted by Crippen LogP contribution is -2.15. The number of hydrogen-bond acceptors (Lipinski definition) is 3. The second kappa shape index (κ2) is 5.63. The van der Waals surface area contributed by atoms with Gasteiger partial charge in [0.05, 0.1) is 4.47 Å². The van der Waals surface area contributed by atoms with E-state index in [0.717, 1.165) is 0 Å². The van der Waals surface area contributed by atoms with Crippen molar-refractivity contribution in [3.63, 3.8) is 0 Å². The number of amides is 1. The molecule has 0 aliphatic heterocycles. The third-order valence-electron chi connectivity index (χ3n) is 2.38. The zero-order chi connectivity index (χ0) is 14.0. The Balaban J connectivity index is 2.24. The van der Waals surface area contributed by atoms with Crippen molar-refractivity contribution in [2.24, 2.45) is 0 Å². The number of anilines is 1. The van der Waals surface area contributed by atoms with Crippen molar-refractivity contribution < 1.29 is 9.18 Å². The molecule has 0 unspecified atom stereocenters. The monoisotopic (exact) mass is 343 g/mol. The van der Waals surface area contributed by atoms with Gasteiger partial charge in [0.25, 0.3) is 5.91 Å². The van der Waals surface area contributed by atoms with Crippen molar-refractivity contribution in [1.29, 1.82) is 0 Å². The second-order valence-electron chi connectivity index (χ2n) is 3.78. The molecule has 0 bridgehead atoms. The normalized spacial score (nSPS) is 10.3. The molecule has 0 atom stereocenters. The van der Waals surface area contributed by atoms with Gasteiger partial charge in [-0.25, -0.2) is 4.39 Å². The first kappa shape index (κ1) is 13.9. The summed E-state index contributed by atoms with van der Waals surface area (Å²) >= 11 is 8.65. The number of carbonyl (C=O) groups excluding carboxylic acids is 1. The molecule has 0 saturated heterocycles. The smallest absolute Gasteiger partial charge is 0.276 e. The Morgan fingerprint density at radius 1 is 1.37 bits per heavy atom. The molecule has 2 rings (SSSR count). The second-order valence-corrected chi connectivity index (χ2v) is 5.02. The molecular formula is C12H8BrClFN3O. The molecule has 0 aliphatic carbocycles. The summed E-state index contributed by atoms with van der Waals surface area (Å²) < 4.78 is 13.5. The summed E-state index contributed by atoms with van der Waals surface area (Å²) in [5.74, 6) is -0.826. The van der Waals surface area contributed by atoms with Crippen LogP contribution in [0.25, 0.3) is 0 Å². The minimum Gasteiger partial charge on any atom is -0.320 e. The number of carbonyl (C=O) groups is 1. The summed E-state index contributed by atoms with van der Waals surface area (Å²) in [4.78, 5) is 11.9. The number of aryl methyl sites for hydroxylation is 1. The molecule has 98 valence electrons. The van der Waals surface area contributed by atoms with E-state index < -0.39 is 5.91 Å². The molecule has 0 radical (unpaired) electrons. The van der Waals surface area contributed by atoms with Crippen molar-refractivity contribution in [2.45, 2.75) is 6.92 Å². The summed E-state index contributed by atoms with van der Waals surface area (Å²) in [5, 5.41) is 10.1. The van der Waals surface area contributed by atoms with Gasteiger partial charge in [0.2, 0.25) is 0 Å². The molecule has 19 heavy (non-hydrogen) atoms. The first-order chi connectivity index (χ1) is 8.97. The van der Waals surface area contributed by atoms with E-state index in [1.54, 1.807) is 6.92 Å². The SMILES string of the molecule is Cc1cc(F)c(Br)cc1NC(=O)c1ccc(Cl)nn1. The largest absolute Gasteiger partial charge is 0.320 e. The molecule has 0 fully saturated rings. The first-order valence-electron chi connectivity index (χ1n) is 5.23. The zero-order valence-corrected chi connectivity index (χ0v) is 12.1. The summed E-state index contributed by atoms with van der Waals surface area (Å²) in [6.07, 6.45) is 0. The van der Waals surface area contributed by atoms with Crippen molar-refractivity contribution in [3.05, 3.63) is 51.0 Å². The Morgan fingerprint density at radius 2 is 2.11 bits per heavy atom. The van der Waals surface area contributed by atoms with Crippen LogP contribution in [-0.4, -0.2) is 16.1 Å². The molecule has 1 amide bonds. The topological polar surface area (TPSA) is 54.9 Å². The lowest BCUT2D eigenvalue weighted by atomic mass is 10.2. The number of hydrogen-bond donors (Lipinski definition) is 1. The van der Waals surface area contributed by atoms with Crippen molar-refractivity contribution >= 4 is 39.1 Å². The Labute approximate surface area is 122 Å². The van der Waals surface area contributed by atoms with Gasteiger partial charge < -0.3 is 5.32 Å². The number of benzene rings is 1. The van der Waals surface area contributed by atoms with Gasteiger partial charge >= 0.3 is 0 Å². The highest BCUT2D eigenvalue weighted by molar-refractivity contribution is 9.10. The van der Waals surface area contributed by atoms with Crippen LogP contribution in [0.1, 0.15) is 16.1 Å². The Bertz CT molecular complexity index is 634. The standard InChI is InChI=1S/C12H8BrClFN3O/c1-6-4-8(15)7(13)5-10(6)16-12(19)9-2-3-11(14)18-17-9/h2-5H,1H3,(H,16,19). The van der Waals surface area contributed by atoms with Crippen LogP contribution in [0.2, 0.25) is 5.15 Å². The third-order valence-corrected chi connectivity index (χ3v) is 3.19. The van der Waals surface area contributed by atoms with Crippen LogP contribution in [0, 0.1) is 12.7 Å². The predicted molar refractivity (Wildman–Crippen MR) is 73.8 cm³/mol. The van der Waals surface area contributed by atoms with E-state index in [2.05, 4.69) is 31.4 Å².